The number of carbonyl (C=O) groups is 2. The molecular formula is C36H43ClF3N3O5S. The van der Waals surface area contributed by atoms with Crippen molar-refractivity contribution < 1.29 is 36.4 Å². The average Bonchev–Trinajstić information content (AvgIpc) is 3.17. The molecule has 13 heteroatoms. The van der Waals surface area contributed by atoms with Crippen molar-refractivity contribution in [3.8, 4) is 5.75 Å². The number of nitrogens with one attached hydrogen (secondary N) is 1. The summed E-state index contributed by atoms with van der Waals surface area (Å²) in [7, 11) is -1.93. The molecule has 6 rings (SSSR count). The van der Waals surface area contributed by atoms with Crippen LogP contribution in [0.3, 0.4) is 0 Å². The van der Waals surface area contributed by atoms with Gasteiger partial charge in [0, 0.05) is 49.0 Å². The van der Waals surface area contributed by atoms with E-state index in [1.165, 1.54) is 11.1 Å². The predicted octanol–water partition coefficient (Wildman–Crippen LogP) is 7.58. The van der Waals surface area contributed by atoms with Crippen molar-refractivity contribution in [2.75, 3.05) is 37.5 Å². The first-order valence-electron chi connectivity index (χ1n) is 17.0. The summed E-state index contributed by atoms with van der Waals surface area (Å²) in [6.07, 6.45) is 3.13. The van der Waals surface area contributed by atoms with Gasteiger partial charge in [-0.25, -0.2) is 4.21 Å². The van der Waals surface area contributed by atoms with E-state index in [0.29, 0.717) is 42.7 Å². The van der Waals surface area contributed by atoms with Crippen molar-refractivity contribution in [1.82, 2.24) is 4.72 Å². The van der Waals surface area contributed by atoms with Crippen molar-refractivity contribution in [1.29, 1.82) is 0 Å². The monoisotopic (exact) mass is 721 g/mol. The van der Waals surface area contributed by atoms with Gasteiger partial charge in [-0.05, 0) is 105 Å². The van der Waals surface area contributed by atoms with E-state index in [-0.39, 0.29) is 28.8 Å². The van der Waals surface area contributed by atoms with Crippen molar-refractivity contribution in [2.24, 2.45) is 16.2 Å². The average molecular weight is 722 g/mol. The Balaban J connectivity index is 1.37. The minimum absolute atomic E-state index is 0.115. The van der Waals surface area contributed by atoms with E-state index in [1.54, 1.807) is 25.3 Å². The van der Waals surface area contributed by atoms with Crippen LogP contribution in [0.2, 0.25) is 5.02 Å². The second kappa shape index (κ2) is 14.6. The lowest BCUT2D eigenvalue weighted by Crippen LogP contribution is -2.49. The zero-order valence-electron chi connectivity index (χ0n) is 27.6. The number of nitrogens with zero attached hydrogens (tertiary/aromatic N) is 2. The number of allylic oxidation sites excluding steroid dienone is 1. The van der Waals surface area contributed by atoms with Crippen molar-refractivity contribution in [3.05, 3.63) is 70.3 Å². The molecule has 0 radical (unpaired) electrons. The number of amides is 2. The molecule has 1 fully saturated rings. The van der Waals surface area contributed by atoms with E-state index < -0.39 is 47.2 Å². The number of halogens is 4. The quantitative estimate of drug-likeness (QED) is 0.320. The first-order chi connectivity index (χ1) is 23.4. The molecule has 49 heavy (non-hydrogen) atoms. The lowest BCUT2D eigenvalue weighted by molar-refractivity contribution is -0.137. The Morgan fingerprint density at radius 2 is 2.04 bits per heavy atom. The summed E-state index contributed by atoms with van der Waals surface area (Å²) in [5.41, 5.74) is 3.06. The maximum Gasteiger partial charge on any atom is 0.389 e. The number of carbonyl (C=O) groups excluding carboxylic acids is 2. The highest BCUT2D eigenvalue weighted by molar-refractivity contribution is 7.92. The highest BCUT2D eigenvalue weighted by Crippen LogP contribution is 2.47. The number of benzene rings is 2. The smallest absolute Gasteiger partial charge is 0.389 e. The van der Waals surface area contributed by atoms with Crippen LogP contribution in [-0.2, 0) is 31.3 Å². The van der Waals surface area contributed by atoms with Gasteiger partial charge in [0.15, 0.2) is 0 Å². The number of methoxy groups -OCH3 is 1. The summed E-state index contributed by atoms with van der Waals surface area (Å²) in [5, 5.41) is 0.704. The highest BCUT2D eigenvalue weighted by Gasteiger charge is 2.44. The highest BCUT2D eigenvalue weighted by atomic mass is 35.5. The van der Waals surface area contributed by atoms with Gasteiger partial charge < -0.3 is 14.4 Å². The Kier molecular flexibility index (Phi) is 10.7. The summed E-state index contributed by atoms with van der Waals surface area (Å²) < 4.78 is 70.9. The number of hydrogen-bond donors (Lipinski definition) is 1. The fraction of sp³-hybridized carbons (Fsp3) is 0.556. The molecular weight excluding hydrogens is 679 g/mol. The molecule has 2 aromatic carbocycles. The molecule has 1 spiro atoms. The standard InChI is InChI=1S/C36H43ClF3N3O5S/c1-47-31-8-3-2-4-18-49(46,41-33(44)9-6-17-36(38,39)40)42-34(45)25-11-15-32-30(20-25)43(21-26-10-13-28(26)31)22-35(23-48-32)16-5-7-24-19-27(37)12-14-29(24)35/h3,8,11-12,14-15,19-20,26,28,31H,2,4-7,9-10,13,16-18,21-23H2,1H3,(H,41,42,44,45,46)/b8-3-/t26-,28+,31-,35-,49?/m0/s1. The van der Waals surface area contributed by atoms with Gasteiger partial charge in [0.25, 0.3) is 5.91 Å². The van der Waals surface area contributed by atoms with E-state index in [4.69, 9.17) is 21.1 Å². The molecule has 1 N–H and O–H groups in total. The number of hydrogen-bond acceptors (Lipinski definition) is 6. The van der Waals surface area contributed by atoms with Crippen molar-refractivity contribution in [2.45, 2.75) is 81.9 Å². The van der Waals surface area contributed by atoms with Crippen LogP contribution in [0.5, 0.6) is 5.75 Å². The first kappa shape index (κ1) is 35.7. The van der Waals surface area contributed by atoms with Crippen LogP contribution < -0.4 is 14.4 Å². The summed E-state index contributed by atoms with van der Waals surface area (Å²) in [6.45, 7) is 1.83. The maximum atomic E-state index is 14.0. The molecule has 2 aliphatic carbocycles. The molecule has 2 amide bonds. The van der Waals surface area contributed by atoms with E-state index in [9.17, 15) is 27.0 Å². The van der Waals surface area contributed by atoms with Gasteiger partial charge in [-0.15, -0.1) is 4.36 Å². The minimum Gasteiger partial charge on any atom is -0.490 e. The molecule has 2 aliphatic heterocycles. The second-order valence-electron chi connectivity index (χ2n) is 13.8. The van der Waals surface area contributed by atoms with Gasteiger partial charge in [-0.3, -0.25) is 14.3 Å². The number of fused-ring (bicyclic) bond motifs is 4. The molecule has 1 unspecified atom stereocenters. The first-order valence-corrected chi connectivity index (χ1v) is 19.1. The fourth-order valence-electron chi connectivity index (χ4n) is 7.79. The molecule has 0 aromatic heterocycles. The summed E-state index contributed by atoms with van der Waals surface area (Å²) in [4.78, 5) is 28.6. The van der Waals surface area contributed by atoms with Gasteiger partial charge in [-0.2, -0.15) is 13.2 Å². The summed E-state index contributed by atoms with van der Waals surface area (Å²) >= 11 is 6.41. The third-order valence-corrected chi connectivity index (χ3v) is 12.5. The second-order valence-corrected chi connectivity index (χ2v) is 16.3. The van der Waals surface area contributed by atoms with Crippen LogP contribution in [0.1, 0.15) is 79.3 Å². The van der Waals surface area contributed by atoms with E-state index in [0.717, 1.165) is 44.3 Å². The molecule has 266 valence electrons. The molecule has 0 saturated heterocycles. The Bertz CT molecular complexity index is 1730. The third-order valence-electron chi connectivity index (χ3n) is 10.4. The predicted molar refractivity (Wildman–Crippen MR) is 183 cm³/mol. The molecule has 1 saturated carbocycles. The van der Waals surface area contributed by atoms with Crippen LogP contribution in [0.4, 0.5) is 18.9 Å². The van der Waals surface area contributed by atoms with Gasteiger partial charge in [0.1, 0.15) is 15.7 Å². The number of ether oxygens (including phenoxy) is 2. The number of alkyl halides is 3. The fourth-order valence-corrected chi connectivity index (χ4v) is 9.61. The Labute approximate surface area is 291 Å². The lowest BCUT2D eigenvalue weighted by atomic mass is 9.68. The van der Waals surface area contributed by atoms with Crippen LogP contribution in [0.25, 0.3) is 0 Å². The molecule has 2 heterocycles. The Morgan fingerprint density at radius 1 is 1.20 bits per heavy atom. The number of anilines is 1. The SMILES string of the molecule is CO[C@H]1/C=C\CCCS(=O)(NC(=O)CCCC(F)(F)F)=NC(=O)c2ccc3c(c2)N(C[C@@H]2CC[C@H]21)C[C@@]1(CCCc2cc(Cl)ccc21)CO3. The van der Waals surface area contributed by atoms with E-state index >= 15 is 0 Å². The summed E-state index contributed by atoms with van der Waals surface area (Å²) in [6, 6.07) is 11.2. The minimum atomic E-state index is -4.41. The maximum absolute atomic E-state index is 14.0. The zero-order chi connectivity index (χ0) is 34.8. The Hall–Kier alpha value is -3.09. The van der Waals surface area contributed by atoms with Crippen LogP contribution >= 0.6 is 11.6 Å². The van der Waals surface area contributed by atoms with Gasteiger partial charge >= 0.3 is 6.18 Å². The topological polar surface area (TPSA) is 97.3 Å². The zero-order valence-corrected chi connectivity index (χ0v) is 29.2. The van der Waals surface area contributed by atoms with Crippen molar-refractivity contribution >= 4 is 39.0 Å². The lowest BCUT2D eigenvalue weighted by Gasteiger charge is -2.46. The number of aryl methyl sites for hydroxylation is 1. The van der Waals surface area contributed by atoms with Gasteiger partial charge in [-0.1, -0.05) is 29.8 Å². The third kappa shape index (κ3) is 8.28. The molecule has 2 aromatic rings. The largest absolute Gasteiger partial charge is 0.490 e. The van der Waals surface area contributed by atoms with Crippen molar-refractivity contribution in [3.63, 3.8) is 0 Å². The van der Waals surface area contributed by atoms with Crippen LogP contribution in [-0.4, -0.2) is 60.9 Å². The molecule has 2 bridgehead atoms. The normalized spacial score (nSPS) is 29.4. The molecule has 4 aliphatic rings. The molecule has 5 atom stereocenters. The number of rotatable bonds is 5. The van der Waals surface area contributed by atoms with Gasteiger partial charge in [0.2, 0.25) is 5.91 Å². The molecule has 8 nitrogen and oxygen atoms in total. The van der Waals surface area contributed by atoms with E-state index in [2.05, 4.69) is 20.1 Å². The Morgan fingerprint density at radius 3 is 2.80 bits per heavy atom. The summed E-state index contributed by atoms with van der Waals surface area (Å²) in [5.74, 6) is -0.488. The van der Waals surface area contributed by atoms with Gasteiger partial charge in [0.05, 0.1) is 24.2 Å². The van der Waals surface area contributed by atoms with Crippen LogP contribution in [0, 0.1) is 11.8 Å². The van der Waals surface area contributed by atoms with Crippen LogP contribution in [0.15, 0.2) is 52.9 Å². The van der Waals surface area contributed by atoms with E-state index in [1.807, 2.05) is 24.3 Å².